The molecule has 6 heteroatoms. The second kappa shape index (κ2) is 6.81. The third kappa shape index (κ3) is 3.53. The summed E-state index contributed by atoms with van der Waals surface area (Å²) in [5.41, 5.74) is -0.297. The summed E-state index contributed by atoms with van der Waals surface area (Å²) in [6, 6.07) is 7.00. The van der Waals surface area contributed by atoms with Crippen molar-refractivity contribution in [3.63, 3.8) is 0 Å². The van der Waals surface area contributed by atoms with Crippen LogP contribution in [0.1, 0.15) is 36.5 Å². The van der Waals surface area contributed by atoms with Crippen LogP contribution in [0.3, 0.4) is 0 Å². The molecule has 0 aliphatic carbocycles. The maximum atomic E-state index is 12.5. The molecule has 2 aliphatic heterocycles. The van der Waals surface area contributed by atoms with E-state index in [1.807, 2.05) is 0 Å². The quantitative estimate of drug-likeness (QED) is 0.894. The normalized spacial score (nSPS) is 26.5. The number of aliphatic carboxylic acids is 1. The van der Waals surface area contributed by atoms with Gasteiger partial charge < -0.3 is 19.5 Å². The molecular formula is C18H23NO5. The molecule has 2 atom stereocenters. The van der Waals surface area contributed by atoms with Crippen LogP contribution in [0.4, 0.5) is 0 Å². The molecule has 1 aromatic rings. The molecule has 2 saturated heterocycles. The van der Waals surface area contributed by atoms with Crippen LogP contribution in [0.15, 0.2) is 24.3 Å². The Morgan fingerprint density at radius 3 is 2.71 bits per heavy atom. The predicted octanol–water partition coefficient (Wildman–Crippen LogP) is 2.18. The van der Waals surface area contributed by atoms with E-state index in [2.05, 4.69) is 0 Å². The highest BCUT2D eigenvalue weighted by Gasteiger charge is 2.42. The van der Waals surface area contributed by atoms with E-state index in [0.717, 1.165) is 19.4 Å². The maximum Gasteiger partial charge on any atom is 0.311 e. The number of nitrogens with zero attached hydrogens (tertiary/aromatic N) is 1. The van der Waals surface area contributed by atoms with E-state index in [9.17, 15) is 14.7 Å². The molecule has 0 unspecified atom stereocenters. The van der Waals surface area contributed by atoms with Gasteiger partial charge in [0, 0.05) is 25.3 Å². The fraction of sp³-hybridized carbons (Fsp3) is 0.556. The Bertz CT molecular complexity index is 608. The first-order valence-electron chi connectivity index (χ1n) is 8.35. The number of carbonyl (C=O) groups excluding carboxylic acids is 1. The summed E-state index contributed by atoms with van der Waals surface area (Å²) in [6.07, 6.45) is 2.74. The van der Waals surface area contributed by atoms with E-state index in [4.69, 9.17) is 9.47 Å². The van der Waals surface area contributed by atoms with Crippen molar-refractivity contribution in [3.05, 3.63) is 29.8 Å². The number of carbonyl (C=O) groups is 2. The van der Waals surface area contributed by atoms with Crippen LogP contribution in [0.5, 0.6) is 5.75 Å². The minimum Gasteiger partial charge on any atom is -0.491 e. The topological polar surface area (TPSA) is 76.1 Å². The van der Waals surface area contributed by atoms with E-state index in [1.165, 1.54) is 0 Å². The summed E-state index contributed by atoms with van der Waals surface area (Å²) < 4.78 is 11.2. The van der Waals surface area contributed by atoms with Gasteiger partial charge in [0.15, 0.2) is 0 Å². The second-order valence-electron chi connectivity index (χ2n) is 6.81. The molecule has 24 heavy (non-hydrogen) atoms. The number of hydrogen-bond donors (Lipinski definition) is 1. The van der Waals surface area contributed by atoms with Gasteiger partial charge in [-0.25, -0.2) is 0 Å². The molecule has 0 spiro atoms. The molecule has 2 fully saturated rings. The third-order valence-corrected chi connectivity index (χ3v) is 4.84. The molecule has 1 N–H and O–H groups in total. The van der Waals surface area contributed by atoms with E-state index in [1.54, 1.807) is 36.1 Å². The molecule has 130 valence electrons. The summed E-state index contributed by atoms with van der Waals surface area (Å²) >= 11 is 0. The average molecular weight is 333 g/mol. The van der Waals surface area contributed by atoms with Gasteiger partial charge in [-0.05, 0) is 50.5 Å². The minimum absolute atomic E-state index is 0.134. The van der Waals surface area contributed by atoms with Crippen molar-refractivity contribution in [2.75, 3.05) is 26.3 Å². The van der Waals surface area contributed by atoms with Crippen LogP contribution < -0.4 is 4.74 Å². The van der Waals surface area contributed by atoms with E-state index < -0.39 is 11.4 Å². The molecule has 1 aromatic carbocycles. The molecule has 0 radical (unpaired) electrons. The molecule has 3 rings (SSSR count). The van der Waals surface area contributed by atoms with Gasteiger partial charge in [-0.1, -0.05) is 0 Å². The standard InChI is InChI=1S/C18H23NO5/c1-18(17(21)22)8-9-19(12-18)16(20)13-4-6-14(7-5-13)24-11-15-3-2-10-23-15/h4-7,15H,2-3,8-12H2,1H3,(H,21,22)/t15-,18-/m0/s1. The molecule has 1 amide bonds. The summed E-state index contributed by atoms with van der Waals surface area (Å²) in [5.74, 6) is -0.278. The first-order valence-corrected chi connectivity index (χ1v) is 8.35. The van der Waals surface area contributed by atoms with Crippen molar-refractivity contribution in [1.82, 2.24) is 4.90 Å². The Labute approximate surface area is 141 Å². The molecular weight excluding hydrogens is 310 g/mol. The SMILES string of the molecule is C[C@]1(C(=O)O)CCN(C(=O)c2ccc(OC[C@@H]3CCCO3)cc2)C1. The monoisotopic (exact) mass is 333 g/mol. The molecule has 0 aromatic heterocycles. The summed E-state index contributed by atoms with van der Waals surface area (Å²) in [6.45, 7) is 3.73. The van der Waals surface area contributed by atoms with Crippen LogP contribution in [0, 0.1) is 5.41 Å². The van der Waals surface area contributed by atoms with Crippen molar-refractivity contribution in [2.24, 2.45) is 5.41 Å². The van der Waals surface area contributed by atoms with Crippen LogP contribution in [0.25, 0.3) is 0 Å². The van der Waals surface area contributed by atoms with E-state index in [0.29, 0.717) is 30.9 Å². The van der Waals surface area contributed by atoms with Crippen molar-refractivity contribution < 1.29 is 24.2 Å². The fourth-order valence-corrected chi connectivity index (χ4v) is 3.15. The Hall–Kier alpha value is -2.08. The predicted molar refractivity (Wildman–Crippen MR) is 87.2 cm³/mol. The van der Waals surface area contributed by atoms with Crippen LogP contribution in [-0.2, 0) is 9.53 Å². The highest BCUT2D eigenvalue weighted by atomic mass is 16.5. The lowest BCUT2D eigenvalue weighted by molar-refractivity contribution is -0.147. The van der Waals surface area contributed by atoms with Crippen LogP contribution in [-0.4, -0.2) is 54.3 Å². The van der Waals surface area contributed by atoms with Crippen molar-refractivity contribution in [2.45, 2.75) is 32.3 Å². The fourth-order valence-electron chi connectivity index (χ4n) is 3.15. The Kier molecular flexibility index (Phi) is 4.76. The van der Waals surface area contributed by atoms with Gasteiger partial charge in [0.1, 0.15) is 12.4 Å². The van der Waals surface area contributed by atoms with Crippen LogP contribution >= 0.6 is 0 Å². The Morgan fingerprint density at radius 1 is 1.38 bits per heavy atom. The number of amides is 1. The highest BCUT2D eigenvalue weighted by molar-refractivity contribution is 5.95. The zero-order valence-electron chi connectivity index (χ0n) is 13.9. The zero-order chi connectivity index (χ0) is 17.2. The summed E-state index contributed by atoms with van der Waals surface area (Å²) in [5, 5.41) is 9.26. The van der Waals surface area contributed by atoms with Gasteiger partial charge in [-0.2, -0.15) is 0 Å². The number of benzene rings is 1. The molecule has 0 bridgehead atoms. The number of rotatable bonds is 5. The Balaban J connectivity index is 1.57. The smallest absolute Gasteiger partial charge is 0.311 e. The second-order valence-corrected chi connectivity index (χ2v) is 6.81. The molecule has 0 saturated carbocycles. The Morgan fingerprint density at radius 2 is 2.12 bits per heavy atom. The minimum atomic E-state index is -0.851. The number of carboxylic acid groups (broad SMARTS) is 1. The lowest BCUT2D eigenvalue weighted by atomic mass is 9.90. The van der Waals surface area contributed by atoms with E-state index >= 15 is 0 Å². The number of likely N-dealkylation sites (tertiary alicyclic amines) is 1. The number of ether oxygens (including phenoxy) is 2. The van der Waals surface area contributed by atoms with Gasteiger partial charge >= 0.3 is 5.97 Å². The van der Waals surface area contributed by atoms with Crippen LogP contribution in [0.2, 0.25) is 0 Å². The number of hydrogen-bond acceptors (Lipinski definition) is 4. The van der Waals surface area contributed by atoms with Crippen molar-refractivity contribution in [1.29, 1.82) is 0 Å². The van der Waals surface area contributed by atoms with Gasteiger partial charge in [0.05, 0.1) is 11.5 Å². The van der Waals surface area contributed by atoms with Gasteiger partial charge in [-0.3, -0.25) is 9.59 Å². The van der Waals surface area contributed by atoms with E-state index in [-0.39, 0.29) is 18.6 Å². The van der Waals surface area contributed by atoms with Gasteiger partial charge in [0.25, 0.3) is 5.91 Å². The average Bonchev–Trinajstić information content (AvgIpc) is 3.23. The van der Waals surface area contributed by atoms with Crippen molar-refractivity contribution >= 4 is 11.9 Å². The first-order chi connectivity index (χ1) is 11.5. The lowest BCUT2D eigenvalue weighted by Crippen LogP contribution is -2.34. The summed E-state index contributed by atoms with van der Waals surface area (Å²) in [4.78, 5) is 25.4. The summed E-state index contributed by atoms with van der Waals surface area (Å²) in [7, 11) is 0. The first kappa shape index (κ1) is 16.8. The highest BCUT2D eigenvalue weighted by Crippen LogP contribution is 2.31. The third-order valence-electron chi connectivity index (χ3n) is 4.84. The van der Waals surface area contributed by atoms with Gasteiger partial charge in [0.2, 0.25) is 0 Å². The largest absolute Gasteiger partial charge is 0.491 e. The maximum absolute atomic E-state index is 12.5. The molecule has 6 nitrogen and oxygen atoms in total. The number of carboxylic acids is 1. The molecule has 2 heterocycles. The molecule has 2 aliphatic rings. The van der Waals surface area contributed by atoms with Gasteiger partial charge in [-0.15, -0.1) is 0 Å². The lowest BCUT2D eigenvalue weighted by Gasteiger charge is -2.20. The van der Waals surface area contributed by atoms with Crippen molar-refractivity contribution in [3.8, 4) is 5.75 Å². The zero-order valence-corrected chi connectivity index (χ0v) is 13.9.